The number of esters is 1. The third-order valence-electron chi connectivity index (χ3n) is 4.60. The summed E-state index contributed by atoms with van der Waals surface area (Å²) in [7, 11) is 1.37. The molecule has 3 aromatic rings. The molecule has 0 aliphatic carbocycles. The number of hydrogen-bond donors (Lipinski definition) is 0. The number of rotatable bonds is 5. The van der Waals surface area contributed by atoms with Gasteiger partial charge in [0.25, 0.3) is 0 Å². The number of carbonyl (C=O) groups is 1. The largest absolute Gasteiger partial charge is 0.465 e. The van der Waals surface area contributed by atoms with Gasteiger partial charge in [-0.15, -0.1) is 0 Å². The first kappa shape index (κ1) is 19.3. The van der Waals surface area contributed by atoms with Crippen LogP contribution in [0.5, 0.6) is 0 Å². The first-order valence-corrected chi connectivity index (χ1v) is 10.2. The standard InChI is InChI=1S/C22H21N3O3S/c1-27-21(26)17-9-5-6-10-18(17)23-15-19-20(16-7-3-2-4-8-16)24-22(29-19)25-11-13-28-14-12-25/h2-10,15H,11-14H2,1H3. The van der Waals surface area contributed by atoms with Crippen molar-refractivity contribution in [2.75, 3.05) is 38.3 Å². The van der Waals surface area contributed by atoms with E-state index in [1.165, 1.54) is 7.11 Å². The van der Waals surface area contributed by atoms with E-state index in [0.717, 1.165) is 34.4 Å². The van der Waals surface area contributed by atoms with Crippen molar-refractivity contribution < 1.29 is 14.3 Å². The molecule has 0 N–H and O–H groups in total. The fourth-order valence-corrected chi connectivity index (χ4v) is 4.11. The summed E-state index contributed by atoms with van der Waals surface area (Å²) in [5, 5.41) is 0.954. The molecule has 4 rings (SSSR count). The van der Waals surface area contributed by atoms with Crippen molar-refractivity contribution in [3.63, 3.8) is 0 Å². The Balaban J connectivity index is 1.72. The number of thiazole rings is 1. The third kappa shape index (κ3) is 4.36. The molecule has 7 heteroatoms. The normalized spacial score (nSPS) is 14.3. The minimum atomic E-state index is -0.403. The van der Waals surface area contributed by atoms with Gasteiger partial charge in [-0.3, -0.25) is 4.99 Å². The van der Waals surface area contributed by atoms with Crippen LogP contribution < -0.4 is 4.90 Å². The van der Waals surface area contributed by atoms with E-state index < -0.39 is 5.97 Å². The molecule has 6 nitrogen and oxygen atoms in total. The number of carbonyl (C=O) groups excluding carboxylic acids is 1. The molecule has 0 unspecified atom stereocenters. The fourth-order valence-electron chi connectivity index (χ4n) is 3.10. The van der Waals surface area contributed by atoms with E-state index in [-0.39, 0.29) is 0 Å². The predicted molar refractivity (Wildman–Crippen MR) is 116 cm³/mol. The van der Waals surface area contributed by atoms with E-state index in [1.54, 1.807) is 35.8 Å². The lowest BCUT2D eigenvalue weighted by Crippen LogP contribution is -2.36. The fraction of sp³-hybridized carbons (Fsp3) is 0.227. The molecule has 148 valence electrons. The topological polar surface area (TPSA) is 64.0 Å². The number of hydrogen-bond acceptors (Lipinski definition) is 7. The highest BCUT2D eigenvalue weighted by Gasteiger charge is 2.19. The highest BCUT2D eigenvalue weighted by atomic mass is 32.1. The van der Waals surface area contributed by atoms with Crippen LogP contribution >= 0.6 is 11.3 Å². The summed E-state index contributed by atoms with van der Waals surface area (Å²) in [4.78, 5) is 24.7. The molecule has 1 aromatic heterocycles. The molecule has 0 radical (unpaired) electrons. The Morgan fingerprint density at radius 1 is 1.14 bits per heavy atom. The van der Waals surface area contributed by atoms with Crippen LogP contribution in [0.25, 0.3) is 11.3 Å². The monoisotopic (exact) mass is 407 g/mol. The molecular formula is C22H21N3O3S. The molecule has 0 saturated carbocycles. The van der Waals surface area contributed by atoms with Crippen LogP contribution in [0.4, 0.5) is 10.8 Å². The van der Waals surface area contributed by atoms with E-state index in [0.29, 0.717) is 24.5 Å². The Hall–Kier alpha value is -3.03. The zero-order chi connectivity index (χ0) is 20.1. The van der Waals surface area contributed by atoms with Gasteiger partial charge in [0.05, 0.1) is 42.1 Å². The van der Waals surface area contributed by atoms with E-state index in [9.17, 15) is 4.79 Å². The van der Waals surface area contributed by atoms with E-state index >= 15 is 0 Å². The number of nitrogens with zero attached hydrogens (tertiary/aromatic N) is 3. The van der Waals surface area contributed by atoms with Crippen LogP contribution in [0.15, 0.2) is 59.6 Å². The SMILES string of the molecule is COC(=O)c1ccccc1N=Cc1sc(N2CCOCC2)nc1-c1ccccc1. The lowest BCUT2D eigenvalue weighted by Gasteiger charge is -2.26. The molecule has 0 spiro atoms. The van der Waals surface area contributed by atoms with Gasteiger partial charge in [0.1, 0.15) is 0 Å². The molecule has 0 atom stereocenters. The maximum Gasteiger partial charge on any atom is 0.340 e. The van der Waals surface area contributed by atoms with Gasteiger partial charge in [-0.2, -0.15) is 0 Å². The van der Waals surface area contributed by atoms with Crippen molar-refractivity contribution >= 4 is 34.3 Å². The Morgan fingerprint density at radius 3 is 2.62 bits per heavy atom. The van der Waals surface area contributed by atoms with Gasteiger partial charge >= 0.3 is 5.97 Å². The zero-order valence-electron chi connectivity index (χ0n) is 16.1. The summed E-state index contributed by atoms with van der Waals surface area (Å²) in [5.41, 5.74) is 2.92. The molecule has 2 heterocycles. The van der Waals surface area contributed by atoms with Crippen LogP contribution in [0.3, 0.4) is 0 Å². The summed E-state index contributed by atoms with van der Waals surface area (Å²) in [6, 6.07) is 17.2. The molecular weight excluding hydrogens is 386 g/mol. The number of ether oxygens (including phenoxy) is 2. The van der Waals surface area contributed by atoms with Gasteiger partial charge in [-0.05, 0) is 12.1 Å². The number of anilines is 1. The summed E-state index contributed by atoms with van der Waals surface area (Å²) in [6.45, 7) is 3.05. The molecule has 1 fully saturated rings. The number of para-hydroxylation sites is 1. The molecule has 1 saturated heterocycles. The van der Waals surface area contributed by atoms with Crippen LogP contribution in [0.2, 0.25) is 0 Å². The van der Waals surface area contributed by atoms with Gasteiger partial charge in [0.2, 0.25) is 0 Å². The Bertz CT molecular complexity index is 1010. The first-order chi connectivity index (χ1) is 14.3. The maximum atomic E-state index is 12.0. The predicted octanol–water partition coefficient (Wildman–Crippen LogP) is 4.18. The van der Waals surface area contributed by atoms with E-state index in [2.05, 4.69) is 9.89 Å². The second kappa shape index (κ2) is 8.98. The lowest BCUT2D eigenvalue weighted by atomic mass is 10.1. The Morgan fingerprint density at radius 2 is 1.86 bits per heavy atom. The molecule has 0 amide bonds. The highest BCUT2D eigenvalue weighted by Crippen LogP contribution is 2.33. The summed E-state index contributed by atoms with van der Waals surface area (Å²) in [6.07, 6.45) is 1.78. The van der Waals surface area contributed by atoms with Crippen molar-refractivity contribution in [1.82, 2.24) is 4.98 Å². The van der Waals surface area contributed by atoms with Gasteiger partial charge in [0.15, 0.2) is 5.13 Å². The summed E-state index contributed by atoms with van der Waals surface area (Å²) in [5.74, 6) is -0.403. The number of aliphatic imine (C=N–C) groups is 1. The third-order valence-corrected chi connectivity index (χ3v) is 5.65. The summed E-state index contributed by atoms with van der Waals surface area (Å²) < 4.78 is 10.3. The van der Waals surface area contributed by atoms with Crippen molar-refractivity contribution in [3.05, 3.63) is 65.0 Å². The van der Waals surface area contributed by atoms with Crippen LogP contribution in [0.1, 0.15) is 15.2 Å². The Labute approximate surface area is 173 Å². The maximum absolute atomic E-state index is 12.0. The van der Waals surface area contributed by atoms with Crippen molar-refractivity contribution in [1.29, 1.82) is 0 Å². The lowest BCUT2D eigenvalue weighted by molar-refractivity contribution is 0.0601. The van der Waals surface area contributed by atoms with Gasteiger partial charge in [0, 0.05) is 24.9 Å². The molecule has 0 bridgehead atoms. The minimum absolute atomic E-state index is 0.403. The quantitative estimate of drug-likeness (QED) is 0.469. The van der Waals surface area contributed by atoms with Crippen LogP contribution in [-0.4, -0.2) is 50.6 Å². The van der Waals surface area contributed by atoms with Gasteiger partial charge in [-0.25, -0.2) is 9.78 Å². The zero-order valence-corrected chi connectivity index (χ0v) is 16.9. The molecule has 1 aliphatic heterocycles. The minimum Gasteiger partial charge on any atom is -0.465 e. The van der Waals surface area contributed by atoms with E-state index in [4.69, 9.17) is 14.5 Å². The molecule has 2 aromatic carbocycles. The Kier molecular flexibility index (Phi) is 5.97. The average Bonchev–Trinajstić information content (AvgIpc) is 3.23. The number of benzene rings is 2. The number of morpholine rings is 1. The summed E-state index contributed by atoms with van der Waals surface area (Å²) >= 11 is 1.59. The molecule has 1 aliphatic rings. The number of aromatic nitrogens is 1. The second-order valence-electron chi connectivity index (χ2n) is 6.44. The van der Waals surface area contributed by atoms with Crippen molar-refractivity contribution in [3.8, 4) is 11.3 Å². The second-order valence-corrected chi connectivity index (χ2v) is 7.45. The first-order valence-electron chi connectivity index (χ1n) is 9.36. The van der Waals surface area contributed by atoms with Gasteiger partial charge < -0.3 is 14.4 Å². The number of methoxy groups -OCH3 is 1. The highest BCUT2D eigenvalue weighted by molar-refractivity contribution is 7.17. The molecule has 29 heavy (non-hydrogen) atoms. The van der Waals surface area contributed by atoms with Crippen LogP contribution in [0, 0.1) is 0 Å². The van der Waals surface area contributed by atoms with Crippen molar-refractivity contribution in [2.24, 2.45) is 4.99 Å². The average molecular weight is 407 g/mol. The smallest absolute Gasteiger partial charge is 0.340 e. The van der Waals surface area contributed by atoms with Crippen molar-refractivity contribution in [2.45, 2.75) is 0 Å². The van der Waals surface area contributed by atoms with Gasteiger partial charge in [-0.1, -0.05) is 53.8 Å². The van der Waals surface area contributed by atoms with Crippen LogP contribution in [-0.2, 0) is 9.47 Å². The van der Waals surface area contributed by atoms with E-state index in [1.807, 2.05) is 36.4 Å².